The van der Waals surface area contributed by atoms with E-state index in [2.05, 4.69) is 12.2 Å². The van der Waals surface area contributed by atoms with Crippen LogP contribution in [0.25, 0.3) is 0 Å². The molecular weight excluding hydrogens is 320 g/mol. The Morgan fingerprint density at radius 3 is 2.38 bits per heavy atom. The van der Waals surface area contributed by atoms with Gasteiger partial charge in [-0.1, -0.05) is 11.3 Å². The standard InChI is InChI=1S/C19H28N2O2S/c1-12-11-24-18(23)21(12)4-3-17(22)20-13(2)19-8-14-5-15(9-19)7-16(6-14)10-19/h11,13-16H,3-10H2,1-2H3,(H,20,22)/t13-,14?,15?,16?,19?/m0/s1. The number of amides is 1. The molecular formula is C19H28N2O2S. The smallest absolute Gasteiger partial charge is 0.307 e. The first kappa shape index (κ1) is 16.4. The van der Waals surface area contributed by atoms with Crippen LogP contribution in [0.3, 0.4) is 0 Å². The van der Waals surface area contributed by atoms with Gasteiger partial charge in [-0.15, -0.1) is 0 Å². The fourth-order valence-corrected chi connectivity index (χ4v) is 6.82. The zero-order valence-corrected chi connectivity index (χ0v) is 15.5. The Bertz CT molecular complexity index is 654. The molecule has 0 radical (unpaired) electrons. The third kappa shape index (κ3) is 2.85. The van der Waals surface area contributed by atoms with Gasteiger partial charge in [0.1, 0.15) is 0 Å². The number of carbonyl (C=O) groups excluding carboxylic acids is 1. The molecule has 0 aliphatic heterocycles. The molecule has 132 valence electrons. The first-order chi connectivity index (χ1) is 11.4. The summed E-state index contributed by atoms with van der Waals surface area (Å²) in [4.78, 5) is 24.2. The Hall–Kier alpha value is -1.10. The molecule has 1 aromatic heterocycles. The average molecular weight is 349 g/mol. The minimum Gasteiger partial charge on any atom is -0.353 e. The first-order valence-electron chi connectivity index (χ1n) is 9.39. The summed E-state index contributed by atoms with van der Waals surface area (Å²) in [7, 11) is 0. The van der Waals surface area contributed by atoms with Gasteiger partial charge < -0.3 is 9.88 Å². The molecule has 1 amide bonds. The molecule has 5 heteroatoms. The number of aryl methyl sites for hydroxylation is 1. The average Bonchev–Trinajstić information content (AvgIpc) is 2.82. The van der Waals surface area contributed by atoms with Crippen molar-refractivity contribution in [2.75, 3.05) is 0 Å². The van der Waals surface area contributed by atoms with Crippen molar-refractivity contribution in [3.63, 3.8) is 0 Å². The third-order valence-corrected chi connectivity index (χ3v) is 7.80. The topological polar surface area (TPSA) is 51.1 Å². The van der Waals surface area contributed by atoms with Gasteiger partial charge in [0.15, 0.2) is 0 Å². The Morgan fingerprint density at radius 1 is 1.29 bits per heavy atom. The van der Waals surface area contributed by atoms with Gasteiger partial charge in [-0.05, 0) is 75.5 Å². The number of carbonyl (C=O) groups is 1. The number of thiazole rings is 1. The summed E-state index contributed by atoms with van der Waals surface area (Å²) in [6.07, 6.45) is 8.62. The van der Waals surface area contributed by atoms with E-state index in [9.17, 15) is 9.59 Å². The van der Waals surface area contributed by atoms with Gasteiger partial charge in [-0.3, -0.25) is 9.59 Å². The lowest BCUT2D eigenvalue weighted by atomic mass is 9.48. The van der Waals surface area contributed by atoms with Gasteiger partial charge in [0, 0.05) is 30.1 Å². The molecule has 24 heavy (non-hydrogen) atoms. The van der Waals surface area contributed by atoms with Crippen LogP contribution in [0.2, 0.25) is 0 Å². The number of hydrogen-bond acceptors (Lipinski definition) is 3. The van der Waals surface area contributed by atoms with Crippen molar-refractivity contribution in [1.29, 1.82) is 0 Å². The van der Waals surface area contributed by atoms with Crippen molar-refractivity contribution >= 4 is 17.2 Å². The maximum Gasteiger partial charge on any atom is 0.307 e. The molecule has 1 N–H and O–H groups in total. The van der Waals surface area contributed by atoms with E-state index in [1.807, 2.05) is 12.3 Å². The molecule has 1 heterocycles. The lowest BCUT2D eigenvalue weighted by Gasteiger charge is -2.59. The molecule has 4 bridgehead atoms. The van der Waals surface area contributed by atoms with Crippen LogP contribution in [0.15, 0.2) is 10.2 Å². The van der Waals surface area contributed by atoms with Gasteiger partial charge in [0.05, 0.1) is 0 Å². The number of rotatable bonds is 5. The maximum atomic E-state index is 12.4. The highest BCUT2D eigenvalue weighted by Crippen LogP contribution is 2.61. The molecule has 4 aliphatic rings. The quantitative estimate of drug-likeness (QED) is 0.887. The second-order valence-corrected chi connectivity index (χ2v) is 9.43. The molecule has 1 atom stereocenters. The monoisotopic (exact) mass is 348 g/mol. The number of hydrogen-bond donors (Lipinski definition) is 1. The van der Waals surface area contributed by atoms with E-state index in [-0.39, 0.29) is 16.8 Å². The Balaban J connectivity index is 1.37. The molecule has 4 saturated carbocycles. The predicted molar refractivity (Wildman–Crippen MR) is 96.1 cm³/mol. The zero-order valence-electron chi connectivity index (χ0n) is 14.7. The highest BCUT2D eigenvalue weighted by molar-refractivity contribution is 7.07. The number of nitrogens with zero attached hydrogens (tertiary/aromatic N) is 1. The van der Waals surface area contributed by atoms with Crippen molar-refractivity contribution in [1.82, 2.24) is 9.88 Å². The molecule has 0 aromatic carbocycles. The minimum absolute atomic E-state index is 0.0365. The van der Waals surface area contributed by atoms with Crippen LogP contribution in [-0.4, -0.2) is 16.5 Å². The van der Waals surface area contributed by atoms with Crippen LogP contribution in [0.5, 0.6) is 0 Å². The number of aromatic nitrogens is 1. The van der Waals surface area contributed by atoms with Crippen molar-refractivity contribution < 1.29 is 4.79 Å². The van der Waals surface area contributed by atoms with Gasteiger partial charge in [0.2, 0.25) is 5.91 Å². The largest absolute Gasteiger partial charge is 0.353 e. The summed E-state index contributed by atoms with van der Waals surface area (Å²) in [6.45, 7) is 4.63. The van der Waals surface area contributed by atoms with Gasteiger partial charge >= 0.3 is 4.87 Å². The second kappa shape index (κ2) is 6.01. The Kier molecular flexibility index (Phi) is 4.10. The molecule has 0 saturated heterocycles. The Morgan fingerprint density at radius 2 is 1.88 bits per heavy atom. The van der Waals surface area contributed by atoms with Crippen LogP contribution in [0.1, 0.15) is 57.6 Å². The maximum absolute atomic E-state index is 12.4. The van der Waals surface area contributed by atoms with Crippen LogP contribution in [0, 0.1) is 30.1 Å². The van der Waals surface area contributed by atoms with E-state index in [4.69, 9.17) is 0 Å². The van der Waals surface area contributed by atoms with Crippen LogP contribution in [-0.2, 0) is 11.3 Å². The third-order valence-electron chi connectivity index (χ3n) is 6.92. The van der Waals surface area contributed by atoms with E-state index >= 15 is 0 Å². The summed E-state index contributed by atoms with van der Waals surface area (Å²) < 4.78 is 1.71. The van der Waals surface area contributed by atoms with E-state index in [1.165, 1.54) is 49.9 Å². The molecule has 4 nitrogen and oxygen atoms in total. The van der Waals surface area contributed by atoms with Crippen molar-refractivity contribution in [2.45, 2.75) is 71.4 Å². The number of nitrogens with one attached hydrogen (secondary N) is 1. The van der Waals surface area contributed by atoms with E-state index in [0.29, 0.717) is 18.4 Å². The molecule has 5 rings (SSSR count). The lowest BCUT2D eigenvalue weighted by molar-refractivity contribution is -0.126. The van der Waals surface area contributed by atoms with Crippen molar-refractivity contribution in [3.05, 3.63) is 20.7 Å². The minimum atomic E-state index is 0.0365. The summed E-state index contributed by atoms with van der Waals surface area (Å²) in [5.41, 5.74) is 1.30. The van der Waals surface area contributed by atoms with Crippen LogP contribution in [0.4, 0.5) is 0 Å². The summed E-state index contributed by atoms with van der Waals surface area (Å²) >= 11 is 1.21. The fraction of sp³-hybridized carbons (Fsp3) is 0.789. The lowest BCUT2D eigenvalue weighted by Crippen LogP contribution is -2.55. The molecule has 1 aromatic rings. The van der Waals surface area contributed by atoms with E-state index < -0.39 is 0 Å². The zero-order chi connectivity index (χ0) is 16.9. The van der Waals surface area contributed by atoms with Crippen LogP contribution >= 0.6 is 11.3 Å². The summed E-state index contributed by atoms with van der Waals surface area (Å²) in [6, 6.07) is 0.263. The highest BCUT2D eigenvalue weighted by Gasteiger charge is 2.53. The molecule has 4 fully saturated rings. The SMILES string of the molecule is Cc1csc(=O)n1CCC(=O)N[C@@H](C)C12CC3CC(CC(C3)C1)C2. The highest BCUT2D eigenvalue weighted by atomic mass is 32.1. The molecule has 4 aliphatic carbocycles. The predicted octanol–water partition coefficient (Wildman–Crippen LogP) is 3.33. The van der Waals surface area contributed by atoms with Gasteiger partial charge in [-0.25, -0.2) is 0 Å². The van der Waals surface area contributed by atoms with Gasteiger partial charge in [-0.2, -0.15) is 0 Å². The molecule has 0 unspecified atom stereocenters. The van der Waals surface area contributed by atoms with E-state index in [0.717, 1.165) is 23.4 Å². The summed E-state index contributed by atoms with van der Waals surface area (Å²) in [5.74, 6) is 2.81. The molecule has 0 spiro atoms. The fourth-order valence-electron chi connectivity index (χ4n) is 6.06. The van der Waals surface area contributed by atoms with Crippen molar-refractivity contribution in [3.8, 4) is 0 Å². The summed E-state index contributed by atoms with van der Waals surface area (Å²) in [5, 5.41) is 5.15. The second-order valence-electron chi connectivity index (χ2n) is 8.61. The van der Waals surface area contributed by atoms with Crippen molar-refractivity contribution in [2.24, 2.45) is 23.2 Å². The van der Waals surface area contributed by atoms with Crippen LogP contribution < -0.4 is 10.2 Å². The normalized spacial score (nSPS) is 35.2. The van der Waals surface area contributed by atoms with E-state index in [1.54, 1.807) is 4.57 Å². The Labute approximate surface area is 147 Å². The van der Waals surface area contributed by atoms with Gasteiger partial charge in [0.25, 0.3) is 0 Å². The first-order valence-corrected chi connectivity index (χ1v) is 10.3.